The van der Waals surface area contributed by atoms with Gasteiger partial charge >= 0.3 is 0 Å². The Bertz CT molecular complexity index is 434. The van der Waals surface area contributed by atoms with E-state index >= 15 is 0 Å². The van der Waals surface area contributed by atoms with Crippen LogP contribution in [-0.2, 0) is 0 Å². The molecule has 0 radical (unpaired) electrons. The molecule has 0 aliphatic carbocycles. The summed E-state index contributed by atoms with van der Waals surface area (Å²) in [5.74, 6) is 1.86. The highest BCUT2D eigenvalue weighted by Gasteiger charge is 2.21. The van der Waals surface area contributed by atoms with Crippen molar-refractivity contribution in [3.63, 3.8) is 0 Å². The predicted molar refractivity (Wildman–Crippen MR) is 77.1 cm³/mol. The molecular formula is C15H24N2O2. The average Bonchev–Trinajstić information content (AvgIpc) is 2.63. The third kappa shape index (κ3) is 3.19. The zero-order valence-electron chi connectivity index (χ0n) is 12.3. The van der Waals surface area contributed by atoms with E-state index in [9.17, 15) is 0 Å². The Labute approximate surface area is 115 Å². The molecule has 1 aliphatic heterocycles. The standard InChI is InChI=1S/C15H24N2O2/c1-11-8-15(19-4)12(9-14(11)18-3)13-10-17(2)7-5-6-16-13/h8-9,13,16H,5-7,10H2,1-4H3. The van der Waals surface area contributed by atoms with E-state index in [1.165, 1.54) is 12.0 Å². The Hall–Kier alpha value is -1.26. The van der Waals surface area contributed by atoms with Gasteiger partial charge in [0.2, 0.25) is 0 Å². The molecule has 1 saturated heterocycles. The van der Waals surface area contributed by atoms with Gasteiger partial charge in [0.05, 0.1) is 14.2 Å². The number of likely N-dealkylation sites (N-methyl/N-ethyl adjacent to an activating group) is 1. The van der Waals surface area contributed by atoms with Gasteiger partial charge in [0.15, 0.2) is 0 Å². The fourth-order valence-electron chi connectivity index (χ4n) is 2.65. The quantitative estimate of drug-likeness (QED) is 0.905. The van der Waals surface area contributed by atoms with E-state index in [4.69, 9.17) is 9.47 Å². The van der Waals surface area contributed by atoms with Crippen molar-refractivity contribution in [2.24, 2.45) is 0 Å². The Morgan fingerprint density at radius 2 is 1.95 bits per heavy atom. The van der Waals surface area contributed by atoms with Crippen LogP contribution in [0.4, 0.5) is 0 Å². The first-order valence-electron chi connectivity index (χ1n) is 6.80. The number of aryl methyl sites for hydroxylation is 1. The summed E-state index contributed by atoms with van der Waals surface area (Å²) in [6.45, 7) is 5.20. The zero-order valence-corrected chi connectivity index (χ0v) is 12.3. The van der Waals surface area contributed by atoms with Crippen molar-refractivity contribution >= 4 is 0 Å². The van der Waals surface area contributed by atoms with Crippen molar-refractivity contribution in [2.75, 3.05) is 40.9 Å². The van der Waals surface area contributed by atoms with Crippen LogP contribution in [0.25, 0.3) is 0 Å². The van der Waals surface area contributed by atoms with E-state index in [1.807, 2.05) is 6.92 Å². The van der Waals surface area contributed by atoms with Crippen LogP contribution < -0.4 is 14.8 Å². The van der Waals surface area contributed by atoms with Crippen LogP contribution in [-0.4, -0.2) is 45.8 Å². The van der Waals surface area contributed by atoms with Gasteiger partial charge in [-0.25, -0.2) is 0 Å². The molecule has 4 heteroatoms. The van der Waals surface area contributed by atoms with E-state index in [1.54, 1.807) is 14.2 Å². The third-order valence-corrected chi connectivity index (χ3v) is 3.72. The molecule has 1 atom stereocenters. The van der Waals surface area contributed by atoms with Crippen molar-refractivity contribution in [1.29, 1.82) is 0 Å². The summed E-state index contributed by atoms with van der Waals surface area (Å²) in [5.41, 5.74) is 2.28. The molecule has 1 aromatic rings. The van der Waals surface area contributed by atoms with Gasteiger partial charge in [-0.2, -0.15) is 0 Å². The molecule has 0 saturated carbocycles. The predicted octanol–water partition coefficient (Wildman–Crippen LogP) is 1.98. The maximum Gasteiger partial charge on any atom is 0.124 e. The lowest BCUT2D eigenvalue weighted by Crippen LogP contribution is -2.29. The van der Waals surface area contributed by atoms with Gasteiger partial charge in [0.25, 0.3) is 0 Å². The fraction of sp³-hybridized carbons (Fsp3) is 0.600. The Balaban J connectivity index is 2.35. The maximum absolute atomic E-state index is 5.54. The van der Waals surface area contributed by atoms with E-state index < -0.39 is 0 Å². The van der Waals surface area contributed by atoms with Crippen molar-refractivity contribution in [1.82, 2.24) is 10.2 Å². The van der Waals surface area contributed by atoms with Crippen molar-refractivity contribution in [3.8, 4) is 11.5 Å². The summed E-state index contributed by atoms with van der Waals surface area (Å²) in [6.07, 6.45) is 1.18. The second kappa shape index (κ2) is 6.26. The highest BCUT2D eigenvalue weighted by molar-refractivity contribution is 5.47. The van der Waals surface area contributed by atoms with Gasteiger partial charge in [-0.1, -0.05) is 0 Å². The number of nitrogens with zero attached hydrogens (tertiary/aromatic N) is 1. The van der Waals surface area contributed by atoms with Crippen molar-refractivity contribution in [3.05, 3.63) is 23.3 Å². The average molecular weight is 264 g/mol. The first kappa shape index (κ1) is 14.2. The molecule has 0 bridgehead atoms. The molecule has 0 aromatic heterocycles. The van der Waals surface area contributed by atoms with Crippen LogP contribution in [0, 0.1) is 6.92 Å². The monoisotopic (exact) mass is 264 g/mol. The molecule has 0 spiro atoms. The summed E-state index contributed by atoms with van der Waals surface area (Å²) in [5, 5.41) is 3.60. The normalized spacial score (nSPS) is 20.9. The first-order valence-corrected chi connectivity index (χ1v) is 6.80. The first-order chi connectivity index (χ1) is 9.15. The minimum absolute atomic E-state index is 0.289. The maximum atomic E-state index is 5.54. The number of benzene rings is 1. The molecule has 1 fully saturated rings. The highest BCUT2D eigenvalue weighted by atomic mass is 16.5. The SMILES string of the molecule is COc1cc(C2CN(C)CCCN2)c(OC)cc1C. The molecule has 19 heavy (non-hydrogen) atoms. The van der Waals surface area contributed by atoms with E-state index in [2.05, 4.69) is 29.4 Å². The molecule has 1 aliphatic rings. The minimum Gasteiger partial charge on any atom is -0.496 e. The molecule has 106 valence electrons. The minimum atomic E-state index is 0.289. The molecule has 1 aromatic carbocycles. The number of methoxy groups -OCH3 is 2. The van der Waals surface area contributed by atoms with Crippen LogP contribution in [0.5, 0.6) is 11.5 Å². The summed E-state index contributed by atoms with van der Waals surface area (Å²) in [4.78, 5) is 2.36. The van der Waals surface area contributed by atoms with Crippen LogP contribution in [0.1, 0.15) is 23.6 Å². The van der Waals surface area contributed by atoms with Gasteiger partial charge in [-0.3, -0.25) is 0 Å². The molecule has 0 amide bonds. The summed E-state index contributed by atoms with van der Waals surface area (Å²) >= 11 is 0. The van der Waals surface area contributed by atoms with Gasteiger partial charge in [-0.15, -0.1) is 0 Å². The molecule has 2 rings (SSSR count). The smallest absolute Gasteiger partial charge is 0.124 e. The van der Waals surface area contributed by atoms with Crippen LogP contribution in [0.15, 0.2) is 12.1 Å². The van der Waals surface area contributed by atoms with Gasteiger partial charge < -0.3 is 19.7 Å². The van der Waals surface area contributed by atoms with E-state index in [0.717, 1.165) is 36.7 Å². The lowest BCUT2D eigenvalue weighted by Gasteiger charge is -2.23. The number of hydrogen-bond acceptors (Lipinski definition) is 4. The third-order valence-electron chi connectivity index (χ3n) is 3.72. The van der Waals surface area contributed by atoms with Crippen molar-refractivity contribution < 1.29 is 9.47 Å². The largest absolute Gasteiger partial charge is 0.496 e. The highest BCUT2D eigenvalue weighted by Crippen LogP contribution is 2.33. The number of rotatable bonds is 3. The van der Waals surface area contributed by atoms with Crippen LogP contribution >= 0.6 is 0 Å². The molecule has 4 nitrogen and oxygen atoms in total. The summed E-state index contributed by atoms with van der Waals surface area (Å²) < 4.78 is 11.0. The fourth-order valence-corrected chi connectivity index (χ4v) is 2.65. The molecular weight excluding hydrogens is 240 g/mol. The zero-order chi connectivity index (χ0) is 13.8. The summed E-state index contributed by atoms with van der Waals surface area (Å²) in [6, 6.07) is 4.45. The van der Waals surface area contributed by atoms with Crippen LogP contribution in [0.2, 0.25) is 0 Å². The van der Waals surface area contributed by atoms with Crippen LogP contribution in [0.3, 0.4) is 0 Å². The summed E-state index contributed by atoms with van der Waals surface area (Å²) in [7, 11) is 5.61. The van der Waals surface area contributed by atoms with Gasteiger partial charge in [0, 0.05) is 18.2 Å². The second-order valence-electron chi connectivity index (χ2n) is 5.19. The number of hydrogen-bond donors (Lipinski definition) is 1. The Morgan fingerprint density at radius 3 is 2.63 bits per heavy atom. The topological polar surface area (TPSA) is 33.7 Å². The van der Waals surface area contributed by atoms with Gasteiger partial charge in [-0.05, 0) is 51.2 Å². The molecule has 1 N–H and O–H groups in total. The number of nitrogens with one attached hydrogen (secondary N) is 1. The Morgan fingerprint density at radius 1 is 1.21 bits per heavy atom. The van der Waals surface area contributed by atoms with E-state index in [-0.39, 0.29) is 6.04 Å². The van der Waals surface area contributed by atoms with Crippen molar-refractivity contribution in [2.45, 2.75) is 19.4 Å². The Kier molecular flexibility index (Phi) is 4.66. The van der Waals surface area contributed by atoms with Gasteiger partial charge in [0.1, 0.15) is 11.5 Å². The number of ether oxygens (including phenoxy) is 2. The second-order valence-corrected chi connectivity index (χ2v) is 5.19. The lowest BCUT2D eigenvalue weighted by atomic mass is 10.0. The van der Waals surface area contributed by atoms with E-state index in [0.29, 0.717) is 0 Å². The molecule has 1 heterocycles. The molecule has 1 unspecified atom stereocenters. The lowest BCUT2D eigenvalue weighted by molar-refractivity contribution is 0.319.